The summed E-state index contributed by atoms with van der Waals surface area (Å²) in [5.41, 5.74) is 1.97. The first-order valence-corrected chi connectivity index (χ1v) is 9.15. The van der Waals surface area contributed by atoms with Crippen LogP contribution in [-0.4, -0.2) is 12.5 Å². The molecule has 3 aromatic rings. The topological polar surface area (TPSA) is 50.4 Å². The van der Waals surface area contributed by atoms with Gasteiger partial charge in [0.2, 0.25) is 5.91 Å². The maximum Gasteiger partial charge on any atom is 0.222 e. The minimum absolute atomic E-state index is 0.00137. The Bertz CT molecular complexity index is 850. The van der Waals surface area contributed by atoms with Crippen molar-refractivity contribution in [2.75, 3.05) is 11.9 Å². The maximum absolute atomic E-state index is 11.9. The largest absolute Gasteiger partial charge is 0.457 e. The van der Waals surface area contributed by atoms with Crippen molar-refractivity contribution in [2.24, 2.45) is 0 Å². The number of nitrogens with one attached hydrogen (secondary N) is 2. The molecule has 0 bridgehead atoms. The summed E-state index contributed by atoms with van der Waals surface area (Å²) in [7, 11) is 0. The fourth-order valence-electron chi connectivity index (χ4n) is 2.48. The van der Waals surface area contributed by atoms with E-state index in [4.69, 9.17) is 16.3 Å². The van der Waals surface area contributed by atoms with E-state index in [0.29, 0.717) is 24.5 Å². The molecule has 2 N–H and O–H groups in total. The summed E-state index contributed by atoms with van der Waals surface area (Å²) in [6.45, 7) is 1.06. The van der Waals surface area contributed by atoms with Crippen LogP contribution >= 0.6 is 11.6 Å². The minimum atomic E-state index is 0.00137. The summed E-state index contributed by atoms with van der Waals surface area (Å²) >= 11 is 5.85. The molecule has 0 radical (unpaired) electrons. The molecule has 5 heteroatoms. The third-order valence-corrected chi connectivity index (χ3v) is 4.17. The zero-order chi connectivity index (χ0) is 18.9. The molecular weight excluding hydrogens is 360 g/mol. The third kappa shape index (κ3) is 6.35. The van der Waals surface area contributed by atoms with E-state index < -0.39 is 0 Å². The highest BCUT2D eigenvalue weighted by molar-refractivity contribution is 6.30. The summed E-state index contributed by atoms with van der Waals surface area (Å²) in [4.78, 5) is 11.9. The third-order valence-electron chi connectivity index (χ3n) is 3.92. The number of carbonyl (C=O) groups excluding carboxylic acids is 1. The predicted molar refractivity (Wildman–Crippen MR) is 109 cm³/mol. The second-order valence-corrected chi connectivity index (χ2v) is 6.46. The fourth-order valence-corrected chi connectivity index (χ4v) is 2.60. The summed E-state index contributed by atoms with van der Waals surface area (Å²) < 4.78 is 5.76. The zero-order valence-corrected chi connectivity index (χ0v) is 15.6. The Hall–Kier alpha value is -2.98. The van der Waals surface area contributed by atoms with Crippen LogP contribution < -0.4 is 15.4 Å². The smallest absolute Gasteiger partial charge is 0.222 e. The van der Waals surface area contributed by atoms with E-state index in [2.05, 4.69) is 10.6 Å². The molecular formula is C22H21ClN2O2. The Kier molecular flexibility index (Phi) is 6.72. The number of halogens is 1. The zero-order valence-electron chi connectivity index (χ0n) is 14.8. The number of anilines is 1. The standard InChI is InChI=1S/C22H21ClN2O2/c23-18-8-6-17(7-9-18)16-25-22(26)14-15-24-19-10-12-21(13-11-19)27-20-4-2-1-3-5-20/h1-13,24H,14-16H2,(H,25,26). The number of hydrogen-bond acceptors (Lipinski definition) is 3. The maximum atomic E-state index is 11.9. The molecule has 0 aliphatic heterocycles. The Morgan fingerprint density at radius 2 is 1.52 bits per heavy atom. The van der Waals surface area contributed by atoms with Gasteiger partial charge >= 0.3 is 0 Å². The molecule has 0 spiro atoms. The van der Waals surface area contributed by atoms with Crippen molar-refractivity contribution in [3.05, 3.63) is 89.4 Å². The number of ether oxygens (including phenoxy) is 1. The van der Waals surface area contributed by atoms with E-state index in [1.165, 1.54) is 0 Å². The van der Waals surface area contributed by atoms with Crippen LogP contribution in [0.3, 0.4) is 0 Å². The van der Waals surface area contributed by atoms with E-state index in [1.807, 2.05) is 78.9 Å². The molecule has 27 heavy (non-hydrogen) atoms. The van der Waals surface area contributed by atoms with Gasteiger partial charge in [-0.15, -0.1) is 0 Å². The average Bonchev–Trinajstić information content (AvgIpc) is 2.70. The van der Waals surface area contributed by atoms with E-state index in [9.17, 15) is 4.79 Å². The number of carbonyl (C=O) groups is 1. The highest BCUT2D eigenvalue weighted by Crippen LogP contribution is 2.22. The van der Waals surface area contributed by atoms with Gasteiger partial charge in [-0.1, -0.05) is 41.9 Å². The van der Waals surface area contributed by atoms with Gasteiger partial charge in [-0.3, -0.25) is 4.79 Å². The molecule has 0 unspecified atom stereocenters. The van der Waals surface area contributed by atoms with Gasteiger partial charge in [0.15, 0.2) is 0 Å². The molecule has 0 fully saturated rings. The average molecular weight is 381 g/mol. The normalized spacial score (nSPS) is 10.3. The van der Waals surface area contributed by atoms with Crippen molar-refractivity contribution in [2.45, 2.75) is 13.0 Å². The lowest BCUT2D eigenvalue weighted by Gasteiger charge is -2.09. The lowest BCUT2D eigenvalue weighted by atomic mass is 10.2. The van der Waals surface area contributed by atoms with Gasteiger partial charge in [-0.05, 0) is 54.1 Å². The quantitative estimate of drug-likeness (QED) is 0.561. The van der Waals surface area contributed by atoms with Crippen LogP contribution in [0.4, 0.5) is 5.69 Å². The molecule has 3 aromatic carbocycles. The van der Waals surface area contributed by atoms with E-state index >= 15 is 0 Å². The minimum Gasteiger partial charge on any atom is -0.457 e. The van der Waals surface area contributed by atoms with Crippen molar-refractivity contribution in [1.29, 1.82) is 0 Å². The van der Waals surface area contributed by atoms with Crippen LogP contribution in [0.2, 0.25) is 5.02 Å². The SMILES string of the molecule is O=C(CCNc1ccc(Oc2ccccc2)cc1)NCc1ccc(Cl)cc1. The summed E-state index contributed by atoms with van der Waals surface area (Å²) in [5.74, 6) is 1.57. The lowest BCUT2D eigenvalue weighted by molar-refractivity contribution is -0.121. The number of rotatable bonds is 8. The molecule has 1 amide bonds. The predicted octanol–water partition coefficient (Wildman–Crippen LogP) is 5.25. The number of hydrogen-bond donors (Lipinski definition) is 2. The van der Waals surface area contributed by atoms with Crippen molar-refractivity contribution in [1.82, 2.24) is 5.32 Å². The molecule has 0 saturated heterocycles. The van der Waals surface area contributed by atoms with Gasteiger partial charge < -0.3 is 15.4 Å². The molecule has 0 atom stereocenters. The second kappa shape index (κ2) is 9.64. The first-order valence-electron chi connectivity index (χ1n) is 8.77. The van der Waals surface area contributed by atoms with Crippen LogP contribution in [0.15, 0.2) is 78.9 Å². The molecule has 0 saturated carbocycles. The highest BCUT2D eigenvalue weighted by atomic mass is 35.5. The molecule has 4 nitrogen and oxygen atoms in total. The van der Waals surface area contributed by atoms with Gasteiger partial charge in [0.1, 0.15) is 11.5 Å². The number of amides is 1. The highest BCUT2D eigenvalue weighted by Gasteiger charge is 2.02. The Labute approximate surface area is 164 Å². The summed E-state index contributed by atoms with van der Waals surface area (Å²) in [6.07, 6.45) is 0.399. The Morgan fingerprint density at radius 1 is 0.852 bits per heavy atom. The number of para-hydroxylation sites is 1. The van der Waals surface area contributed by atoms with Crippen molar-refractivity contribution in [3.63, 3.8) is 0 Å². The lowest BCUT2D eigenvalue weighted by Crippen LogP contribution is -2.24. The second-order valence-electron chi connectivity index (χ2n) is 6.02. The summed E-state index contributed by atoms with van der Waals surface area (Å²) in [5, 5.41) is 6.83. The Morgan fingerprint density at radius 3 is 2.22 bits per heavy atom. The fraction of sp³-hybridized carbons (Fsp3) is 0.136. The number of benzene rings is 3. The van der Waals surface area contributed by atoms with Crippen molar-refractivity contribution >= 4 is 23.2 Å². The molecule has 3 rings (SSSR count). The van der Waals surface area contributed by atoms with Crippen molar-refractivity contribution in [3.8, 4) is 11.5 Å². The van der Waals surface area contributed by atoms with Crippen molar-refractivity contribution < 1.29 is 9.53 Å². The molecule has 0 aliphatic rings. The monoisotopic (exact) mass is 380 g/mol. The van der Waals surface area contributed by atoms with E-state index in [0.717, 1.165) is 22.7 Å². The van der Waals surface area contributed by atoms with Gasteiger partial charge in [0.25, 0.3) is 0 Å². The van der Waals surface area contributed by atoms with E-state index in [-0.39, 0.29) is 5.91 Å². The van der Waals surface area contributed by atoms with Crippen LogP contribution in [0.25, 0.3) is 0 Å². The van der Waals surface area contributed by atoms with Crippen LogP contribution in [0.1, 0.15) is 12.0 Å². The first-order chi connectivity index (χ1) is 13.2. The van der Waals surface area contributed by atoms with E-state index in [1.54, 1.807) is 0 Å². The van der Waals surface area contributed by atoms with Gasteiger partial charge in [0, 0.05) is 30.2 Å². The van der Waals surface area contributed by atoms with Crippen LogP contribution in [0.5, 0.6) is 11.5 Å². The Balaban J connectivity index is 1.38. The molecule has 0 aliphatic carbocycles. The van der Waals surface area contributed by atoms with Gasteiger partial charge in [-0.25, -0.2) is 0 Å². The first kappa shape index (κ1) is 18.8. The van der Waals surface area contributed by atoms with Crippen LogP contribution in [0, 0.1) is 0 Å². The molecule has 138 valence electrons. The molecule has 0 heterocycles. The van der Waals surface area contributed by atoms with Crippen LogP contribution in [-0.2, 0) is 11.3 Å². The van der Waals surface area contributed by atoms with Gasteiger partial charge in [0.05, 0.1) is 0 Å². The van der Waals surface area contributed by atoms with Gasteiger partial charge in [-0.2, -0.15) is 0 Å². The summed E-state index contributed by atoms with van der Waals surface area (Å²) in [6, 6.07) is 24.7. The molecule has 0 aromatic heterocycles.